The quantitative estimate of drug-likeness (QED) is 0.740. The Hall–Kier alpha value is -2.47. The Morgan fingerprint density at radius 3 is 2.62 bits per heavy atom. The molecule has 6 nitrogen and oxygen atoms in total. The van der Waals surface area contributed by atoms with Crippen LogP contribution in [0.4, 0.5) is 0 Å². The third kappa shape index (κ3) is 2.85. The van der Waals surface area contributed by atoms with Gasteiger partial charge in [0, 0.05) is 44.6 Å². The van der Waals surface area contributed by atoms with Crippen molar-refractivity contribution in [1.29, 1.82) is 0 Å². The average molecular weight is 323 g/mol. The number of hydrogen-bond acceptors (Lipinski definition) is 5. The van der Waals surface area contributed by atoms with Gasteiger partial charge in [0.15, 0.2) is 0 Å². The van der Waals surface area contributed by atoms with Gasteiger partial charge in [-0.25, -0.2) is 0 Å². The molecule has 2 aromatic heterocycles. The Labute approximate surface area is 141 Å². The van der Waals surface area contributed by atoms with E-state index in [2.05, 4.69) is 39.4 Å². The van der Waals surface area contributed by atoms with Gasteiger partial charge in [-0.2, -0.15) is 5.10 Å². The van der Waals surface area contributed by atoms with E-state index in [0.29, 0.717) is 18.3 Å². The van der Waals surface area contributed by atoms with E-state index < -0.39 is 0 Å². The topological polar surface area (TPSA) is 60.0 Å². The van der Waals surface area contributed by atoms with Gasteiger partial charge in [0.2, 0.25) is 11.8 Å². The zero-order valence-electron chi connectivity index (χ0n) is 14.1. The van der Waals surface area contributed by atoms with E-state index in [9.17, 15) is 0 Å². The minimum absolute atomic E-state index is 0.622. The summed E-state index contributed by atoms with van der Waals surface area (Å²) >= 11 is 0. The van der Waals surface area contributed by atoms with Crippen LogP contribution in [0.25, 0.3) is 11.3 Å². The molecule has 0 spiro atoms. The van der Waals surface area contributed by atoms with Crippen LogP contribution in [0.2, 0.25) is 0 Å². The lowest BCUT2D eigenvalue weighted by Gasteiger charge is -2.17. The predicted octanol–water partition coefficient (Wildman–Crippen LogP) is 2.38. The summed E-state index contributed by atoms with van der Waals surface area (Å²) in [6.45, 7) is 4.46. The lowest BCUT2D eigenvalue weighted by Crippen LogP contribution is -2.26. The maximum atomic E-state index is 5.51. The molecular weight excluding hydrogens is 302 g/mol. The van der Waals surface area contributed by atoms with Crippen molar-refractivity contribution in [1.82, 2.24) is 24.9 Å². The van der Waals surface area contributed by atoms with Gasteiger partial charge in [0.05, 0.1) is 17.9 Å². The molecule has 6 heteroatoms. The van der Waals surface area contributed by atoms with E-state index >= 15 is 0 Å². The van der Waals surface area contributed by atoms with Crippen molar-refractivity contribution in [2.24, 2.45) is 7.05 Å². The number of nitrogens with zero attached hydrogens (tertiary/aromatic N) is 5. The Kier molecular flexibility index (Phi) is 3.90. The first-order chi connectivity index (χ1) is 11.7. The van der Waals surface area contributed by atoms with Crippen molar-refractivity contribution in [3.63, 3.8) is 0 Å². The van der Waals surface area contributed by atoms with Gasteiger partial charge in [-0.1, -0.05) is 30.3 Å². The summed E-state index contributed by atoms with van der Waals surface area (Å²) in [7, 11) is 2.04. The summed E-state index contributed by atoms with van der Waals surface area (Å²) in [6, 6.07) is 10.5. The zero-order valence-corrected chi connectivity index (χ0v) is 14.1. The lowest BCUT2D eigenvalue weighted by molar-refractivity contribution is 0.247. The van der Waals surface area contributed by atoms with Crippen molar-refractivity contribution in [2.75, 3.05) is 13.1 Å². The van der Waals surface area contributed by atoms with Gasteiger partial charge >= 0.3 is 0 Å². The second-order valence-corrected chi connectivity index (χ2v) is 6.25. The highest BCUT2D eigenvalue weighted by atomic mass is 16.4. The SMILES string of the molecule is Cc1nnc(CN2CCc3nn(C)c(-c4ccccc4)c3CC2)o1. The Bertz CT molecular complexity index is 836. The van der Waals surface area contributed by atoms with Crippen LogP contribution in [0.5, 0.6) is 0 Å². The van der Waals surface area contributed by atoms with Crippen LogP contribution in [0.15, 0.2) is 34.7 Å². The molecular formula is C18H21N5O. The highest BCUT2D eigenvalue weighted by molar-refractivity contribution is 5.64. The molecule has 0 amide bonds. The highest BCUT2D eigenvalue weighted by Gasteiger charge is 2.23. The van der Waals surface area contributed by atoms with Crippen molar-refractivity contribution in [2.45, 2.75) is 26.3 Å². The monoisotopic (exact) mass is 323 g/mol. The average Bonchev–Trinajstić information content (AvgIpc) is 3.07. The van der Waals surface area contributed by atoms with Crippen LogP contribution in [-0.2, 0) is 26.4 Å². The summed E-state index contributed by atoms with van der Waals surface area (Å²) < 4.78 is 7.54. The molecule has 1 aromatic carbocycles. The molecule has 0 saturated heterocycles. The minimum atomic E-state index is 0.622. The van der Waals surface area contributed by atoms with E-state index in [-0.39, 0.29) is 0 Å². The molecule has 3 aromatic rings. The maximum Gasteiger partial charge on any atom is 0.230 e. The number of fused-ring (bicyclic) bond motifs is 1. The molecule has 24 heavy (non-hydrogen) atoms. The van der Waals surface area contributed by atoms with Gasteiger partial charge in [-0.3, -0.25) is 9.58 Å². The molecule has 1 aliphatic rings. The molecule has 4 rings (SSSR count). The number of aryl methyl sites for hydroxylation is 2. The van der Waals surface area contributed by atoms with E-state index in [0.717, 1.165) is 25.9 Å². The van der Waals surface area contributed by atoms with Gasteiger partial charge in [0.25, 0.3) is 0 Å². The summed E-state index contributed by atoms with van der Waals surface area (Å²) in [5, 5.41) is 12.8. The van der Waals surface area contributed by atoms with Crippen molar-refractivity contribution in [3.05, 3.63) is 53.4 Å². The van der Waals surface area contributed by atoms with Gasteiger partial charge < -0.3 is 4.42 Å². The number of aromatic nitrogens is 4. The maximum absolute atomic E-state index is 5.51. The molecule has 1 aliphatic heterocycles. The lowest BCUT2D eigenvalue weighted by atomic mass is 10.0. The second-order valence-electron chi connectivity index (χ2n) is 6.25. The van der Waals surface area contributed by atoms with Gasteiger partial charge in [0.1, 0.15) is 0 Å². The van der Waals surface area contributed by atoms with Crippen molar-refractivity contribution in [3.8, 4) is 11.3 Å². The highest BCUT2D eigenvalue weighted by Crippen LogP contribution is 2.28. The molecule has 0 unspecified atom stereocenters. The molecule has 0 radical (unpaired) electrons. The number of hydrogen-bond donors (Lipinski definition) is 0. The van der Waals surface area contributed by atoms with Crippen molar-refractivity contribution < 1.29 is 4.42 Å². The Morgan fingerprint density at radius 2 is 1.88 bits per heavy atom. The van der Waals surface area contributed by atoms with E-state index in [1.165, 1.54) is 22.5 Å². The summed E-state index contributed by atoms with van der Waals surface area (Å²) in [5.41, 5.74) is 5.05. The molecule has 3 heterocycles. The fourth-order valence-corrected chi connectivity index (χ4v) is 3.44. The van der Waals surface area contributed by atoms with Crippen LogP contribution in [0.3, 0.4) is 0 Å². The Morgan fingerprint density at radius 1 is 1.08 bits per heavy atom. The normalized spacial score (nSPS) is 15.2. The summed E-state index contributed by atoms with van der Waals surface area (Å²) in [5.74, 6) is 1.31. The van der Waals surface area contributed by atoms with Crippen molar-refractivity contribution >= 4 is 0 Å². The van der Waals surface area contributed by atoms with E-state index in [1.807, 2.05) is 24.7 Å². The Balaban J connectivity index is 1.56. The molecule has 0 fully saturated rings. The molecule has 0 atom stereocenters. The fraction of sp³-hybridized carbons (Fsp3) is 0.389. The smallest absolute Gasteiger partial charge is 0.230 e. The zero-order chi connectivity index (χ0) is 16.5. The third-order valence-corrected chi connectivity index (χ3v) is 4.55. The molecule has 0 N–H and O–H groups in total. The van der Waals surface area contributed by atoms with Gasteiger partial charge in [-0.05, 0) is 6.42 Å². The van der Waals surface area contributed by atoms with E-state index in [1.54, 1.807) is 0 Å². The number of benzene rings is 1. The second kappa shape index (κ2) is 6.20. The molecule has 124 valence electrons. The minimum Gasteiger partial charge on any atom is -0.424 e. The first kappa shape index (κ1) is 15.1. The van der Waals surface area contributed by atoms with Crippen LogP contribution in [-0.4, -0.2) is 38.0 Å². The number of rotatable bonds is 3. The van der Waals surface area contributed by atoms with Crippen LogP contribution in [0.1, 0.15) is 23.0 Å². The van der Waals surface area contributed by atoms with Crippen LogP contribution < -0.4 is 0 Å². The van der Waals surface area contributed by atoms with Gasteiger partial charge in [-0.15, -0.1) is 10.2 Å². The molecule has 0 saturated carbocycles. The largest absolute Gasteiger partial charge is 0.424 e. The standard InChI is InChI=1S/C18H21N5O/c1-13-19-20-17(24-13)12-23-10-8-15-16(9-11-23)21-22(2)18(15)14-6-4-3-5-7-14/h3-7H,8-12H2,1-2H3. The summed E-state index contributed by atoms with van der Waals surface area (Å²) in [4.78, 5) is 2.36. The molecule has 0 bridgehead atoms. The van der Waals surface area contributed by atoms with Crippen LogP contribution in [0, 0.1) is 6.92 Å². The fourth-order valence-electron chi connectivity index (χ4n) is 3.44. The molecule has 0 aliphatic carbocycles. The summed E-state index contributed by atoms with van der Waals surface area (Å²) in [6.07, 6.45) is 1.93. The first-order valence-corrected chi connectivity index (χ1v) is 8.32. The van der Waals surface area contributed by atoms with Crippen LogP contribution >= 0.6 is 0 Å². The van der Waals surface area contributed by atoms with E-state index in [4.69, 9.17) is 9.52 Å². The first-order valence-electron chi connectivity index (χ1n) is 8.32. The predicted molar refractivity (Wildman–Crippen MR) is 90.4 cm³/mol. The third-order valence-electron chi connectivity index (χ3n) is 4.55.